The highest BCUT2D eigenvalue weighted by molar-refractivity contribution is 5.96. The number of nitrogens with one attached hydrogen (secondary N) is 1. The minimum Gasteiger partial charge on any atom is -0.279 e. The summed E-state index contributed by atoms with van der Waals surface area (Å²) in [5.74, 6) is 0.314. The predicted octanol–water partition coefficient (Wildman–Crippen LogP) is 4.23. The zero-order chi connectivity index (χ0) is 20.5. The van der Waals surface area contributed by atoms with Crippen LogP contribution < -0.4 is 5.43 Å². The number of anilines is 1. The van der Waals surface area contributed by atoms with Crippen molar-refractivity contribution < 1.29 is 9.18 Å². The number of carbonyl (C=O) groups is 1. The van der Waals surface area contributed by atoms with Crippen LogP contribution in [0.2, 0.25) is 0 Å². The van der Waals surface area contributed by atoms with Gasteiger partial charge in [0.15, 0.2) is 5.82 Å². The van der Waals surface area contributed by atoms with Crippen LogP contribution in [0.4, 0.5) is 10.2 Å². The molecule has 0 saturated carbocycles. The molecule has 6 nitrogen and oxygen atoms in total. The SMILES string of the molecule is O=C(c1ccccc1)N1CCn2nc(-c3ccc(F)cc3)c(-c3ccncc3)c2N1. The third-order valence-electron chi connectivity index (χ3n) is 5.08. The number of pyridine rings is 1. The first kappa shape index (κ1) is 18.1. The van der Waals surface area contributed by atoms with Crippen molar-refractivity contribution >= 4 is 11.7 Å². The Morgan fingerprint density at radius 3 is 2.37 bits per heavy atom. The van der Waals surface area contributed by atoms with Crippen LogP contribution in [0.5, 0.6) is 0 Å². The molecule has 1 amide bonds. The number of amides is 1. The molecule has 0 atom stereocenters. The van der Waals surface area contributed by atoms with Gasteiger partial charge in [-0.25, -0.2) is 14.1 Å². The van der Waals surface area contributed by atoms with Crippen LogP contribution in [0.1, 0.15) is 10.4 Å². The van der Waals surface area contributed by atoms with E-state index >= 15 is 0 Å². The lowest BCUT2D eigenvalue weighted by Gasteiger charge is -2.30. The Hall–Kier alpha value is -4.00. The predicted molar refractivity (Wildman–Crippen MR) is 112 cm³/mol. The molecular weight excluding hydrogens is 381 g/mol. The molecule has 0 radical (unpaired) electrons. The van der Waals surface area contributed by atoms with Crippen molar-refractivity contribution in [3.8, 4) is 22.4 Å². The lowest BCUT2D eigenvalue weighted by Crippen LogP contribution is -2.43. The maximum atomic E-state index is 13.5. The molecule has 0 spiro atoms. The van der Waals surface area contributed by atoms with Crippen LogP contribution in [-0.2, 0) is 6.54 Å². The van der Waals surface area contributed by atoms with Crippen molar-refractivity contribution in [1.29, 1.82) is 0 Å². The highest BCUT2D eigenvalue weighted by atomic mass is 19.1. The maximum Gasteiger partial charge on any atom is 0.272 e. The average molecular weight is 399 g/mol. The van der Waals surface area contributed by atoms with Crippen molar-refractivity contribution in [2.24, 2.45) is 0 Å². The van der Waals surface area contributed by atoms with E-state index < -0.39 is 0 Å². The third-order valence-corrected chi connectivity index (χ3v) is 5.08. The largest absolute Gasteiger partial charge is 0.279 e. The monoisotopic (exact) mass is 399 g/mol. The number of benzene rings is 2. The van der Waals surface area contributed by atoms with E-state index in [1.165, 1.54) is 12.1 Å². The van der Waals surface area contributed by atoms with E-state index in [-0.39, 0.29) is 11.7 Å². The fourth-order valence-corrected chi connectivity index (χ4v) is 3.61. The van der Waals surface area contributed by atoms with Gasteiger partial charge in [-0.15, -0.1) is 0 Å². The Labute approximate surface area is 172 Å². The van der Waals surface area contributed by atoms with Crippen LogP contribution in [0.3, 0.4) is 0 Å². The van der Waals surface area contributed by atoms with Crippen LogP contribution in [-0.4, -0.2) is 32.2 Å². The van der Waals surface area contributed by atoms with E-state index in [1.54, 1.807) is 41.7 Å². The standard InChI is InChI=1S/C23H18FN5O/c24-19-8-6-17(7-9-19)21-20(16-10-12-25-13-11-16)22-27-29(15-14-28(22)26-21)23(30)18-4-2-1-3-5-18/h1-13,27H,14-15H2. The smallest absolute Gasteiger partial charge is 0.272 e. The van der Waals surface area contributed by atoms with Gasteiger partial charge >= 0.3 is 0 Å². The molecule has 0 unspecified atom stereocenters. The summed E-state index contributed by atoms with van der Waals surface area (Å²) < 4.78 is 15.3. The number of aromatic nitrogens is 3. The Bertz CT molecular complexity index is 1190. The maximum absolute atomic E-state index is 13.5. The van der Waals surface area contributed by atoms with Gasteiger partial charge in [-0.05, 0) is 54.1 Å². The van der Waals surface area contributed by atoms with Crippen LogP contribution in [0, 0.1) is 5.82 Å². The molecule has 148 valence electrons. The number of hydrogen-bond acceptors (Lipinski definition) is 4. The minimum atomic E-state index is -0.300. The van der Waals surface area contributed by atoms with E-state index in [9.17, 15) is 9.18 Å². The molecule has 3 heterocycles. The number of rotatable bonds is 3. The second-order valence-corrected chi connectivity index (χ2v) is 6.97. The Morgan fingerprint density at radius 2 is 1.63 bits per heavy atom. The molecule has 5 rings (SSSR count). The molecule has 1 aliphatic heterocycles. The van der Waals surface area contributed by atoms with Gasteiger partial charge in [0, 0.05) is 23.5 Å². The third kappa shape index (κ3) is 3.20. The van der Waals surface area contributed by atoms with Gasteiger partial charge in [-0.1, -0.05) is 18.2 Å². The van der Waals surface area contributed by atoms with Gasteiger partial charge in [-0.3, -0.25) is 15.2 Å². The van der Waals surface area contributed by atoms with E-state index in [0.717, 1.165) is 28.2 Å². The Kier molecular flexibility index (Phi) is 4.48. The van der Waals surface area contributed by atoms with Crippen molar-refractivity contribution in [2.45, 2.75) is 6.54 Å². The summed E-state index contributed by atoms with van der Waals surface area (Å²) in [6.45, 7) is 1.02. The molecule has 30 heavy (non-hydrogen) atoms. The number of hydrogen-bond donors (Lipinski definition) is 1. The number of nitrogens with zero attached hydrogens (tertiary/aromatic N) is 4. The molecule has 2 aromatic carbocycles. The first-order valence-corrected chi connectivity index (χ1v) is 9.61. The van der Waals surface area contributed by atoms with Crippen molar-refractivity contribution in [1.82, 2.24) is 19.8 Å². The van der Waals surface area contributed by atoms with E-state index in [4.69, 9.17) is 5.10 Å². The molecule has 0 fully saturated rings. The average Bonchev–Trinajstić information content (AvgIpc) is 3.19. The Morgan fingerprint density at radius 1 is 0.900 bits per heavy atom. The fraction of sp³-hybridized carbons (Fsp3) is 0.0870. The molecule has 4 aromatic rings. The summed E-state index contributed by atoms with van der Waals surface area (Å²) in [5, 5.41) is 6.37. The Balaban J connectivity index is 1.59. The van der Waals surface area contributed by atoms with Crippen LogP contribution in [0.15, 0.2) is 79.1 Å². The first-order chi connectivity index (χ1) is 14.7. The molecule has 1 aliphatic rings. The number of hydrazine groups is 1. The topological polar surface area (TPSA) is 63.1 Å². The lowest BCUT2D eigenvalue weighted by molar-refractivity contribution is 0.0774. The molecule has 7 heteroatoms. The second-order valence-electron chi connectivity index (χ2n) is 6.97. The molecule has 0 bridgehead atoms. The molecule has 0 saturated heterocycles. The van der Waals surface area contributed by atoms with Gasteiger partial charge in [0.25, 0.3) is 5.91 Å². The molecule has 0 aliphatic carbocycles. The summed E-state index contributed by atoms with van der Waals surface area (Å²) in [5.41, 5.74) is 7.14. The highest BCUT2D eigenvalue weighted by Gasteiger charge is 2.28. The van der Waals surface area contributed by atoms with Crippen LogP contribution >= 0.6 is 0 Å². The van der Waals surface area contributed by atoms with E-state index in [1.807, 2.05) is 35.0 Å². The minimum absolute atomic E-state index is 0.105. The zero-order valence-electron chi connectivity index (χ0n) is 16.0. The van der Waals surface area contributed by atoms with Gasteiger partial charge in [-0.2, -0.15) is 5.10 Å². The van der Waals surface area contributed by atoms with E-state index in [0.29, 0.717) is 18.7 Å². The van der Waals surface area contributed by atoms with Gasteiger partial charge in [0.1, 0.15) is 11.5 Å². The molecule has 2 aromatic heterocycles. The number of halogens is 1. The highest BCUT2D eigenvalue weighted by Crippen LogP contribution is 2.39. The van der Waals surface area contributed by atoms with Gasteiger partial charge in [0.05, 0.1) is 18.7 Å². The summed E-state index contributed by atoms with van der Waals surface area (Å²) in [4.78, 5) is 17.1. The van der Waals surface area contributed by atoms with Crippen molar-refractivity contribution in [3.05, 3.63) is 90.5 Å². The fourth-order valence-electron chi connectivity index (χ4n) is 3.61. The quantitative estimate of drug-likeness (QED) is 0.560. The molecular formula is C23H18FN5O. The van der Waals surface area contributed by atoms with Crippen molar-refractivity contribution in [3.63, 3.8) is 0 Å². The lowest BCUT2D eigenvalue weighted by atomic mass is 10.0. The normalized spacial score (nSPS) is 12.9. The summed E-state index contributed by atoms with van der Waals surface area (Å²) in [6, 6.07) is 19.2. The summed E-state index contributed by atoms with van der Waals surface area (Å²) in [6.07, 6.45) is 3.42. The number of carbonyl (C=O) groups excluding carboxylic acids is 1. The van der Waals surface area contributed by atoms with Gasteiger partial charge < -0.3 is 0 Å². The van der Waals surface area contributed by atoms with Gasteiger partial charge in [0.2, 0.25) is 0 Å². The number of fused-ring (bicyclic) bond motifs is 1. The summed E-state index contributed by atoms with van der Waals surface area (Å²) >= 11 is 0. The first-order valence-electron chi connectivity index (χ1n) is 9.61. The molecule has 1 N–H and O–H groups in total. The second kappa shape index (κ2) is 7.44. The van der Waals surface area contributed by atoms with E-state index in [2.05, 4.69) is 10.4 Å². The summed E-state index contributed by atoms with van der Waals surface area (Å²) in [7, 11) is 0. The van der Waals surface area contributed by atoms with Crippen molar-refractivity contribution in [2.75, 3.05) is 12.0 Å². The zero-order valence-corrected chi connectivity index (χ0v) is 16.0. The van der Waals surface area contributed by atoms with Crippen LogP contribution in [0.25, 0.3) is 22.4 Å².